The van der Waals surface area contributed by atoms with Crippen molar-refractivity contribution in [1.82, 2.24) is 0 Å². The Balaban J connectivity index is 2.97. The van der Waals surface area contributed by atoms with Gasteiger partial charge >= 0.3 is 5.97 Å². The van der Waals surface area contributed by atoms with E-state index < -0.39 is 0 Å². The lowest BCUT2D eigenvalue weighted by molar-refractivity contribution is -0.142. The van der Waals surface area contributed by atoms with Gasteiger partial charge in [-0.2, -0.15) is 0 Å². The number of rotatable bonds is 4. The first-order chi connectivity index (χ1) is 7.58. The molecule has 0 aliphatic rings. The number of hydrogen-bond donors (Lipinski definition) is 0. The summed E-state index contributed by atoms with van der Waals surface area (Å²) in [4.78, 5) is 11.3. The lowest BCUT2D eigenvalue weighted by atomic mass is 10.0. The normalized spacial score (nSPS) is 10.2. The summed E-state index contributed by atoms with van der Waals surface area (Å²) < 4.78 is 18.4. The van der Waals surface area contributed by atoms with Crippen molar-refractivity contribution in [2.45, 2.75) is 25.6 Å². The van der Waals surface area contributed by atoms with Crippen molar-refractivity contribution in [1.29, 1.82) is 0 Å². The molecule has 0 saturated heterocycles. The number of benzene rings is 1. The molecule has 0 fully saturated rings. The first-order valence-electron chi connectivity index (χ1n) is 5.08. The number of halogens is 2. The standard InChI is InChI=1S/C12H14BrFO2/c1-3-16-12(15)6-9-4-8(2)5-11(14)10(9)7-13/h4-5H,3,6-7H2,1-2H3. The van der Waals surface area contributed by atoms with Gasteiger partial charge < -0.3 is 4.74 Å². The summed E-state index contributed by atoms with van der Waals surface area (Å²) in [5.74, 6) is -0.606. The molecule has 0 heterocycles. The first kappa shape index (κ1) is 13.2. The Labute approximate surface area is 103 Å². The van der Waals surface area contributed by atoms with E-state index in [0.717, 1.165) is 5.56 Å². The largest absolute Gasteiger partial charge is 0.466 e. The van der Waals surface area contributed by atoms with Gasteiger partial charge in [0.1, 0.15) is 5.82 Å². The number of ether oxygens (including phenoxy) is 1. The van der Waals surface area contributed by atoms with Gasteiger partial charge in [-0.3, -0.25) is 4.79 Å². The van der Waals surface area contributed by atoms with Crippen molar-refractivity contribution in [3.05, 3.63) is 34.6 Å². The number of hydrogen-bond acceptors (Lipinski definition) is 2. The van der Waals surface area contributed by atoms with Crippen molar-refractivity contribution < 1.29 is 13.9 Å². The molecule has 0 spiro atoms. The molecule has 0 aliphatic carbocycles. The molecule has 1 aromatic carbocycles. The van der Waals surface area contributed by atoms with E-state index in [0.29, 0.717) is 23.1 Å². The van der Waals surface area contributed by atoms with Crippen LogP contribution in [0.1, 0.15) is 23.6 Å². The second-order valence-electron chi connectivity index (χ2n) is 3.50. The van der Waals surface area contributed by atoms with Gasteiger partial charge in [-0.1, -0.05) is 22.0 Å². The molecule has 0 aromatic heterocycles. The fourth-order valence-corrected chi connectivity index (χ4v) is 2.15. The molecule has 0 aliphatic heterocycles. The third-order valence-electron chi connectivity index (χ3n) is 2.21. The topological polar surface area (TPSA) is 26.3 Å². The molecular weight excluding hydrogens is 275 g/mol. The summed E-state index contributed by atoms with van der Waals surface area (Å²) in [7, 11) is 0. The van der Waals surface area contributed by atoms with Gasteiger partial charge in [-0.25, -0.2) is 4.39 Å². The Bertz CT molecular complexity index is 391. The van der Waals surface area contributed by atoms with Crippen LogP contribution < -0.4 is 0 Å². The van der Waals surface area contributed by atoms with Crippen molar-refractivity contribution in [2.75, 3.05) is 6.61 Å². The highest BCUT2D eigenvalue weighted by atomic mass is 79.9. The van der Waals surface area contributed by atoms with E-state index in [1.165, 1.54) is 6.07 Å². The molecule has 1 aromatic rings. The van der Waals surface area contributed by atoms with Crippen LogP contribution >= 0.6 is 15.9 Å². The minimum absolute atomic E-state index is 0.118. The van der Waals surface area contributed by atoms with Gasteiger partial charge in [0.15, 0.2) is 0 Å². The van der Waals surface area contributed by atoms with Gasteiger partial charge in [-0.15, -0.1) is 0 Å². The predicted molar refractivity (Wildman–Crippen MR) is 64.1 cm³/mol. The molecule has 0 atom stereocenters. The molecule has 1 rings (SSSR count). The average molecular weight is 289 g/mol. The quantitative estimate of drug-likeness (QED) is 0.629. The van der Waals surface area contributed by atoms with Crippen LogP contribution in [0.25, 0.3) is 0 Å². The number of esters is 1. The molecule has 0 N–H and O–H groups in total. The zero-order chi connectivity index (χ0) is 12.1. The van der Waals surface area contributed by atoms with E-state index >= 15 is 0 Å². The summed E-state index contributed by atoms with van der Waals surface area (Å²) in [6, 6.07) is 3.28. The second kappa shape index (κ2) is 5.99. The van der Waals surface area contributed by atoms with E-state index in [2.05, 4.69) is 15.9 Å². The molecule has 0 unspecified atom stereocenters. The highest BCUT2D eigenvalue weighted by molar-refractivity contribution is 9.08. The fourth-order valence-electron chi connectivity index (χ4n) is 1.52. The van der Waals surface area contributed by atoms with Crippen LogP contribution in [0.15, 0.2) is 12.1 Å². The van der Waals surface area contributed by atoms with Crippen molar-refractivity contribution in [2.24, 2.45) is 0 Å². The monoisotopic (exact) mass is 288 g/mol. The molecular formula is C12H14BrFO2. The summed E-state index contributed by atoms with van der Waals surface area (Å²) >= 11 is 3.22. The Morgan fingerprint density at radius 2 is 2.19 bits per heavy atom. The maximum Gasteiger partial charge on any atom is 0.310 e. The van der Waals surface area contributed by atoms with Crippen molar-refractivity contribution in [3.63, 3.8) is 0 Å². The predicted octanol–water partition coefficient (Wildman–Crippen LogP) is 3.13. The van der Waals surface area contributed by atoms with Crippen molar-refractivity contribution >= 4 is 21.9 Å². The lowest BCUT2D eigenvalue weighted by Crippen LogP contribution is -2.10. The number of carbonyl (C=O) groups is 1. The first-order valence-corrected chi connectivity index (χ1v) is 6.20. The third kappa shape index (κ3) is 3.30. The smallest absolute Gasteiger partial charge is 0.310 e. The summed E-state index contributed by atoms with van der Waals surface area (Å²) in [6.45, 7) is 3.90. The Morgan fingerprint density at radius 3 is 2.75 bits per heavy atom. The minimum atomic E-state index is -0.324. The molecule has 4 heteroatoms. The second-order valence-corrected chi connectivity index (χ2v) is 4.06. The highest BCUT2D eigenvalue weighted by Crippen LogP contribution is 2.20. The maximum atomic E-state index is 13.6. The molecule has 0 saturated carbocycles. The number of alkyl halides is 1. The summed E-state index contributed by atoms with van der Waals surface area (Å²) in [5, 5.41) is 0.397. The van der Waals surface area contributed by atoms with Crippen LogP contribution in [0.3, 0.4) is 0 Å². The zero-order valence-electron chi connectivity index (χ0n) is 9.35. The Morgan fingerprint density at radius 1 is 1.50 bits per heavy atom. The summed E-state index contributed by atoms with van der Waals surface area (Å²) in [5.41, 5.74) is 2.02. The average Bonchev–Trinajstić information content (AvgIpc) is 2.17. The molecule has 88 valence electrons. The van der Waals surface area contributed by atoms with E-state index in [-0.39, 0.29) is 18.2 Å². The molecule has 0 bridgehead atoms. The highest BCUT2D eigenvalue weighted by Gasteiger charge is 2.12. The van der Waals surface area contributed by atoms with Crippen LogP contribution in [0.5, 0.6) is 0 Å². The van der Waals surface area contributed by atoms with Crippen LogP contribution in [0.4, 0.5) is 4.39 Å². The van der Waals surface area contributed by atoms with E-state index in [4.69, 9.17) is 4.74 Å². The Kier molecular flexibility index (Phi) is 4.93. The van der Waals surface area contributed by atoms with E-state index in [9.17, 15) is 9.18 Å². The zero-order valence-corrected chi connectivity index (χ0v) is 10.9. The van der Waals surface area contributed by atoms with Gasteiger partial charge in [0, 0.05) is 10.9 Å². The molecule has 0 amide bonds. The maximum absolute atomic E-state index is 13.6. The molecule has 0 radical (unpaired) electrons. The number of carbonyl (C=O) groups excluding carboxylic acids is 1. The van der Waals surface area contributed by atoms with Gasteiger partial charge in [-0.05, 0) is 31.0 Å². The van der Waals surface area contributed by atoms with Crippen molar-refractivity contribution in [3.8, 4) is 0 Å². The fraction of sp³-hybridized carbons (Fsp3) is 0.417. The number of aryl methyl sites for hydroxylation is 1. The Hall–Kier alpha value is -0.900. The summed E-state index contributed by atoms with van der Waals surface area (Å²) in [6.07, 6.45) is 0.118. The van der Waals surface area contributed by atoms with Gasteiger partial charge in [0.25, 0.3) is 0 Å². The van der Waals surface area contributed by atoms with Crippen LogP contribution in [0.2, 0.25) is 0 Å². The third-order valence-corrected chi connectivity index (χ3v) is 2.77. The lowest BCUT2D eigenvalue weighted by Gasteiger charge is -2.09. The van der Waals surface area contributed by atoms with Crippen LogP contribution in [-0.4, -0.2) is 12.6 Å². The van der Waals surface area contributed by atoms with Crippen LogP contribution in [-0.2, 0) is 21.3 Å². The molecule has 16 heavy (non-hydrogen) atoms. The molecule has 2 nitrogen and oxygen atoms in total. The van der Waals surface area contributed by atoms with Crippen LogP contribution in [0, 0.1) is 12.7 Å². The van der Waals surface area contributed by atoms with E-state index in [1.807, 2.05) is 6.07 Å². The SMILES string of the molecule is CCOC(=O)Cc1cc(C)cc(F)c1CBr. The van der Waals surface area contributed by atoms with Gasteiger partial charge in [0.05, 0.1) is 13.0 Å². The van der Waals surface area contributed by atoms with E-state index in [1.54, 1.807) is 13.8 Å². The minimum Gasteiger partial charge on any atom is -0.466 e. The van der Waals surface area contributed by atoms with Gasteiger partial charge in [0.2, 0.25) is 0 Å².